The largest absolute Gasteiger partial charge is 0.462 e. The number of benzene rings is 1. The van der Waals surface area contributed by atoms with Crippen molar-refractivity contribution in [3.05, 3.63) is 39.4 Å². The van der Waals surface area contributed by atoms with Crippen LogP contribution in [0.2, 0.25) is 0 Å². The molecule has 2 rings (SSSR count). The summed E-state index contributed by atoms with van der Waals surface area (Å²) in [5, 5.41) is 11.0. The Balaban J connectivity index is 2.73. The van der Waals surface area contributed by atoms with E-state index < -0.39 is 36.4 Å². The van der Waals surface area contributed by atoms with E-state index in [0.29, 0.717) is 0 Å². The fourth-order valence-electron chi connectivity index (χ4n) is 1.92. The highest BCUT2D eigenvalue weighted by atomic mass is 16.7. The van der Waals surface area contributed by atoms with Crippen molar-refractivity contribution in [2.24, 2.45) is 0 Å². The smallest absolute Gasteiger partial charge is 0.211 e. The molecule has 2 atom stereocenters. The monoisotopic (exact) mass is 256 g/mol. The van der Waals surface area contributed by atoms with E-state index in [4.69, 9.17) is 16.3 Å². The molecule has 0 radical (unpaired) electrons. The number of nitro groups is 1. The minimum atomic E-state index is -2.98. The van der Waals surface area contributed by atoms with Crippen molar-refractivity contribution in [2.45, 2.75) is 31.9 Å². The van der Waals surface area contributed by atoms with Crippen molar-refractivity contribution in [3.63, 3.8) is 0 Å². The van der Waals surface area contributed by atoms with Gasteiger partial charge in [-0.3, -0.25) is 10.1 Å². The first-order valence-corrected chi connectivity index (χ1v) is 5.43. The molecule has 5 nitrogen and oxygen atoms in total. The Bertz CT molecular complexity index is 633. The normalized spacial score (nSPS) is 33.9. The van der Waals surface area contributed by atoms with Gasteiger partial charge in [-0.15, -0.1) is 0 Å². The molecule has 5 heteroatoms. The molecule has 0 aliphatic carbocycles. The molecular formula is C13H17NO4. The lowest BCUT2D eigenvalue weighted by atomic mass is 9.87. The number of ether oxygens (including phenoxy) is 2. The molecule has 0 N–H and O–H groups in total. The lowest BCUT2D eigenvalue weighted by Gasteiger charge is -2.37. The van der Waals surface area contributed by atoms with Crippen LogP contribution in [0.1, 0.15) is 37.1 Å². The predicted octanol–water partition coefficient (Wildman–Crippen LogP) is 2.50. The molecule has 1 aromatic rings. The van der Waals surface area contributed by atoms with E-state index >= 15 is 0 Å². The molecule has 98 valence electrons. The third kappa shape index (κ3) is 2.46. The molecule has 0 aromatic heterocycles. The van der Waals surface area contributed by atoms with Gasteiger partial charge in [0, 0.05) is 37.7 Å². The zero-order chi connectivity index (χ0) is 17.6. The van der Waals surface area contributed by atoms with Crippen LogP contribution in [0.3, 0.4) is 0 Å². The minimum Gasteiger partial charge on any atom is -0.462 e. The van der Waals surface area contributed by atoms with E-state index in [1.807, 2.05) is 0 Å². The van der Waals surface area contributed by atoms with Crippen LogP contribution in [0.5, 0.6) is 5.75 Å². The van der Waals surface area contributed by atoms with Gasteiger partial charge < -0.3 is 9.47 Å². The number of aryl methyl sites for hydroxylation is 1. The molecule has 0 amide bonds. The fourth-order valence-corrected chi connectivity index (χ4v) is 1.92. The Morgan fingerprint density at radius 1 is 1.78 bits per heavy atom. The number of fused-ring (bicyclic) bond motifs is 1. The van der Waals surface area contributed by atoms with E-state index in [-0.39, 0.29) is 11.3 Å². The number of hydrogen-bond acceptors (Lipinski definition) is 4. The van der Waals surface area contributed by atoms with Crippen molar-refractivity contribution < 1.29 is 21.3 Å². The van der Waals surface area contributed by atoms with Gasteiger partial charge in [-0.25, -0.2) is 0 Å². The van der Waals surface area contributed by atoms with Crippen LogP contribution in [-0.2, 0) is 4.74 Å². The molecule has 1 aliphatic rings. The quantitative estimate of drug-likeness (QED) is 0.615. The third-order valence-corrected chi connectivity index (χ3v) is 2.78. The first-order chi connectivity index (χ1) is 10.5. The average molecular weight is 256 g/mol. The molecule has 1 aromatic carbocycles. The highest BCUT2D eigenvalue weighted by molar-refractivity contribution is 5.41. The van der Waals surface area contributed by atoms with Gasteiger partial charge in [-0.1, -0.05) is 17.7 Å². The summed E-state index contributed by atoms with van der Waals surface area (Å²) in [4.78, 5) is 10.3. The number of hydrogen-bond donors (Lipinski definition) is 0. The summed E-state index contributed by atoms with van der Waals surface area (Å²) in [5.74, 6) is -3.86. The Labute approximate surface area is 113 Å². The van der Waals surface area contributed by atoms with Gasteiger partial charge in [0.15, 0.2) is 0 Å². The van der Waals surface area contributed by atoms with E-state index in [1.165, 1.54) is 6.07 Å². The summed E-state index contributed by atoms with van der Waals surface area (Å²) >= 11 is 0. The second-order valence-corrected chi connectivity index (χ2v) is 4.18. The van der Waals surface area contributed by atoms with E-state index in [1.54, 1.807) is 19.1 Å². The summed E-state index contributed by atoms with van der Waals surface area (Å²) in [6.45, 7) is -2.00. The van der Waals surface area contributed by atoms with Crippen molar-refractivity contribution in [3.8, 4) is 5.75 Å². The van der Waals surface area contributed by atoms with Crippen LogP contribution in [-0.4, -0.2) is 24.4 Å². The zero-order valence-electron chi connectivity index (χ0n) is 15.1. The molecule has 0 fully saturated rings. The van der Waals surface area contributed by atoms with Crippen LogP contribution in [0.15, 0.2) is 18.2 Å². The van der Waals surface area contributed by atoms with Crippen molar-refractivity contribution in [1.82, 2.24) is 0 Å². The number of methoxy groups -OCH3 is 1. The van der Waals surface area contributed by atoms with E-state index in [0.717, 1.165) is 12.7 Å². The Hall–Kier alpha value is -1.62. The summed E-state index contributed by atoms with van der Waals surface area (Å²) in [7, 11) is 1.02. The maximum Gasteiger partial charge on any atom is 0.211 e. The summed E-state index contributed by atoms with van der Waals surface area (Å²) in [5.41, 5.74) is 1.03. The fraction of sp³-hybridized carbons (Fsp3) is 0.538. The molecule has 1 aliphatic heterocycles. The van der Waals surface area contributed by atoms with Crippen molar-refractivity contribution >= 4 is 0 Å². The third-order valence-electron chi connectivity index (χ3n) is 2.78. The topological polar surface area (TPSA) is 61.6 Å². The van der Waals surface area contributed by atoms with Gasteiger partial charge in [0.05, 0.1) is 5.92 Å². The molecule has 18 heavy (non-hydrogen) atoms. The van der Waals surface area contributed by atoms with E-state index in [2.05, 4.69) is 0 Å². The number of rotatable bonds is 3. The van der Waals surface area contributed by atoms with Crippen molar-refractivity contribution in [1.29, 1.82) is 0 Å². The zero-order valence-corrected chi connectivity index (χ0v) is 10.1. The molecule has 1 heterocycles. The van der Waals surface area contributed by atoms with Crippen LogP contribution >= 0.6 is 0 Å². The van der Waals surface area contributed by atoms with Crippen molar-refractivity contribution in [2.75, 3.05) is 13.7 Å². The van der Waals surface area contributed by atoms with Crippen LogP contribution in [0.25, 0.3) is 0 Å². The summed E-state index contributed by atoms with van der Waals surface area (Å²) < 4.78 is 50.0. The second kappa shape index (κ2) is 4.57. The molecular weight excluding hydrogens is 234 g/mol. The first-order valence-electron chi connectivity index (χ1n) is 7.93. The maximum atomic E-state index is 11.0. The molecule has 0 spiro atoms. The number of nitrogens with zero attached hydrogens (tertiary/aromatic N) is 1. The summed E-state index contributed by atoms with van der Waals surface area (Å²) in [6, 6.07) is 4.70. The van der Waals surface area contributed by atoms with Crippen LogP contribution in [0.4, 0.5) is 0 Å². The van der Waals surface area contributed by atoms with Crippen LogP contribution < -0.4 is 4.74 Å². The lowest BCUT2D eigenvalue weighted by molar-refractivity contribution is -0.485. The first kappa shape index (κ1) is 7.74. The molecule has 0 saturated carbocycles. The van der Waals surface area contributed by atoms with Crippen LogP contribution in [0, 0.1) is 17.0 Å². The van der Waals surface area contributed by atoms with Gasteiger partial charge in [0.25, 0.3) is 0 Å². The lowest BCUT2D eigenvalue weighted by Crippen LogP contribution is -2.41. The SMILES string of the molecule is [2H]C([2H])([2H])[C@]1(OC)Oc2ccc(C)cc2[C@@H](C[N+](=O)[O-])C1([2H])[2H]. The summed E-state index contributed by atoms with van der Waals surface area (Å²) in [6.07, 6.45) is -2.64. The highest BCUT2D eigenvalue weighted by Crippen LogP contribution is 2.41. The van der Waals surface area contributed by atoms with Gasteiger partial charge in [0.1, 0.15) is 5.75 Å². The average Bonchev–Trinajstić information content (AvgIpc) is 2.40. The highest BCUT2D eigenvalue weighted by Gasteiger charge is 2.39. The Kier molecular flexibility index (Phi) is 1.96. The standard InChI is InChI=1S/C13H17NO4/c1-9-4-5-12-11(6-9)10(8-14(15)16)7-13(2,17-3)18-12/h4-6,10H,7-8H2,1-3H3/t10-,13+/m1/s1/i2D3,7D2. The molecule has 0 unspecified atom stereocenters. The van der Waals surface area contributed by atoms with Gasteiger partial charge in [0.2, 0.25) is 12.3 Å². The van der Waals surface area contributed by atoms with Gasteiger partial charge in [-0.05, 0) is 13.0 Å². The minimum absolute atomic E-state index is 0.0792. The van der Waals surface area contributed by atoms with Gasteiger partial charge in [-0.2, -0.15) is 0 Å². The Morgan fingerprint density at radius 2 is 2.56 bits per heavy atom. The molecule has 0 bridgehead atoms. The van der Waals surface area contributed by atoms with Gasteiger partial charge >= 0.3 is 0 Å². The maximum absolute atomic E-state index is 11.0. The van der Waals surface area contributed by atoms with E-state index in [9.17, 15) is 10.1 Å². The second-order valence-electron chi connectivity index (χ2n) is 4.18. The molecule has 0 saturated heterocycles. The predicted molar refractivity (Wildman–Crippen MR) is 66.4 cm³/mol. The Morgan fingerprint density at radius 3 is 3.17 bits per heavy atom.